The van der Waals surface area contributed by atoms with E-state index in [9.17, 15) is 9.59 Å². The molecule has 0 radical (unpaired) electrons. The van der Waals surface area contributed by atoms with Gasteiger partial charge in [0.2, 0.25) is 5.91 Å². The van der Waals surface area contributed by atoms with Crippen molar-refractivity contribution in [3.05, 3.63) is 59.7 Å². The van der Waals surface area contributed by atoms with E-state index in [0.29, 0.717) is 12.2 Å². The number of ether oxygens (including phenoxy) is 1. The summed E-state index contributed by atoms with van der Waals surface area (Å²) in [5.74, 6) is 0.507. The lowest BCUT2D eigenvalue weighted by Gasteiger charge is -2.26. The molecule has 2 aromatic carbocycles. The molecular formula is C21H28N4O3. The lowest BCUT2D eigenvalue weighted by atomic mass is 10.0. The van der Waals surface area contributed by atoms with Crippen molar-refractivity contribution in [1.29, 1.82) is 0 Å². The molecular weight excluding hydrogens is 356 g/mol. The number of carbonyl (C=O) groups excluding carboxylic acids is 2. The van der Waals surface area contributed by atoms with E-state index in [4.69, 9.17) is 4.74 Å². The largest absolute Gasteiger partial charge is 0.496 e. The van der Waals surface area contributed by atoms with Crippen LogP contribution >= 0.6 is 0 Å². The van der Waals surface area contributed by atoms with Crippen LogP contribution in [0.1, 0.15) is 17.2 Å². The van der Waals surface area contributed by atoms with Gasteiger partial charge in [-0.05, 0) is 44.8 Å². The van der Waals surface area contributed by atoms with Gasteiger partial charge in [0.05, 0.1) is 19.7 Å². The predicted octanol–water partition coefficient (Wildman–Crippen LogP) is 2.54. The van der Waals surface area contributed by atoms with Crippen LogP contribution in [0.15, 0.2) is 48.5 Å². The number of nitrogens with one attached hydrogen (secondary N) is 3. The fourth-order valence-corrected chi connectivity index (χ4v) is 2.84. The van der Waals surface area contributed by atoms with Gasteiger partial charge in [0.1, 0.15) is 5.75 Å². The van der Waals surface area contributed by atoms with Gasteiger partial charge in [-0.1, -0.05) is 30.3 Å². The number of carbonyl (C=O) groups is 2. The molecule has 0 spiro atoms. The standard InChI is InChI=1S/C21H28N4O3/c1-15-8-7-9-16(12-15)24-21(27)23-14-20(26)22-13-18(25(2)3)17-10-5-6-11-19(17)28-4/h5-12,18H,13-14H2,1-4H3,(H,22,26)(H2,23,24,27). The molecule has 28 heavy (non-hydrogen) atoms. The van der Waals surface area contributed by atoms with Crippen molar-refractivity contribution in [2.24, 2.45) is 0 Å². The molecule has 0 aliphatic rings. The highest BCUT2D eigenvalue weighted by molar-refractivity contribution is 5.92. The van der Waals surface area contributed by atoms with E-state index < -0.39 is 6.03 Å². The van der Waals surface area contributed by atoms with Crippen LogP contribution in [0.3, 0.4) is 0 Å². The smallest absolute Gasteiger partial charge is 0.319 e. The Balaban J connectivity index is 1.85. The van der Waals surface area contributed by atoms with Gasteiger partial charge in [-0.25, -0.2) is 4.79 Å². The van der Waals surface area contributed by atoms with E-state index in [0.717, 1.165) is 16.9 Å². The number of aryl methyl sites for hydroxylation is 1. The number of hydrogen-bond donors (Lipinski definition) is 3. The lowest BCUT2D eigenvalue weighted by molar-refractivity contribution is -0.120. The number of benzene rings is 2. The number of rotatable bonds is 8. The van der Waals surface area contributed by atoms with Gasteiger partial charge in [-0.2, -0.15) is 0 Å². The minimum Gasteiger partial charge on any atom is -0.496 e. The Hall–Kier alpha value is -3.06. The molecule has 3 N–H and O–H groups in total. The average molecular weight is 384 g/mol. The van der Waals surface area contributed by atoms with E-state index in [1.807, 2.05) is 68.4 Å². The first-order valence-corrected chi connectivity index (χ1v) is 9.08. The van der Waals surface area contributed by atoms with Gasteiger partial charge in [-0.3, -0.25) is 4.79 Å². The van der Waals surface area contributed by atoms with E-state index >= 15 is 0 Å². The second kappa shape index (κ2) is 10.3. The van der Waals surface area contributed by atoms with Gasteiger partial charge in [-0.15, -0.1) is 0 Å². The molecule has 2 aromatic rings. The van der Waals surface area contributed by atoms with Crippen LogP contribution in [0.2, 0.25) is 0 Å². The molecule has 0 aliphatic heterocycles. The highest BCUT2D eigenvalue weighted by atomic mass is 16.5. The maximum absolute atomic E-state index is 12.2. The fourth-order valence-electron chi connectivity index (χ4n) is 2.84. The molecule has 0 aromatic heterocycles. The Kier molecular flexibility index (Phi) is 7.83. The Morgan fingerprint density at radius 1 is 1.07 bits per heavy atom. The summed E-state index contributed by atoms with van der Waals surface area (Å²) in [4.78, 5) is 26.1. The normalized spacial score (nSPS) is 11.6. The van der Waals surface area contributed by atoms with Gasteiger partial charge >= 0.3 is 6.03 Å². The summed E-state index contributed by atoms with van der Waals surface area (Å²) in [7, 11) is 5.51. The van der Waals surface area contributed by atoms with E-state index in [1.54, 1.807) is 13.2 Å². The van der Waals surface area contributed by atoms with Crippen LogP contribution in [0.25, 0.3) is 0 Å². The maximum atomic E-state index is 12.2. The summed E-state index contributed by atoms with van der Waals surface area (Å²) >= 11 is 0. The van der Waals surface area contributed by atoms with Crippen molar-refractivity contribution >= 4 is 17.6 Å². The Labute approximate surface area is 166 Å². The summed E-state index contributed by atoms with van der Waals surface area (Å²) in [6.45, 7) is 2.23. The number of nitrogens with zero attached hydrogens (tertiary/aromatic N) is 1. The number of amides is 3. The Bertz CT molecular complexity index is 808. The molecule has 0 saturated heterocycles. The first-order chi connectivity index (χ1) is 13.4. The van der Waals surface area contributed by atoms with E-state index in [2.05, 4.69) is 16.0 Å². The lowest BCUT2D eigenvalue weighted by Crippen LogP contribution is -2.41. The number of methoxy groups -OCH3 is 1. The summed E-state index contributed by atoms with van der Waals surface area (Å²) in [5, 5.41) is 8.14. The zero-order valence-corrected chi connectivity index (χ0v) is 16.8. The monoisotopic (exact) mass is 384 g/mol. The molecule has 7 nitrogen and oxygen atoms in total. The molecule has 2 rings (SSSR count). The van der Waals surface area contributed by atoms with Gasteiger partial charge in [0.25, 0.3) is 0 Å². The summed E-state index contributed by atoms with van der Waals surface area (Å²) < 4.78 is 5.42. The van der Waals surface area contributed by atoms with E-state index in [-0.39, 0.29) is 18.5 Å². The van der Waals surface area contributed by atoms with Crippen molar-refractivity contribution in [2.45, 2.75) is 13.0 Å². The van der Waals surface area contributed by atoms with Crippen molar-refractivity contribution in [1.82, 2.24) is 15.5 Å². The summed E-state index contributed by atoms with van der Waals surface area (Å²) in [6.07, 6.45) is 0. The molecule has 3 amide bonds. The van der Waals surface area contributed by atoms with Crippen molar-refractivity contribution in [3.8, 4) is 5.75 Å². The molecule has 0 fully saturated rings. The first-order valence-electron chi connectivity index (χ1n) is 9.08. The third kappa shape index (κ3) is 6.28. The first kappa shape index (κ1) is 21.2. The molecule has 150 valence electrons. The highest BCUT2D eigenvalue weighted by Gasteiger charge is 2.19. The number of para-hydroxylation sites is 1. The molecule has 0 heterocycles. The van der Waals surface area contributed by atoms with Crippen molar-refractivity contribution < 1.29 is 14.3 Å². The van der Waals surface area contributed by atoms with Crippen molar-refractivity contribution in [2.75, 3.05) is 39.6 Å². The predicted molar refractivity (Wildman–Crippen MR) is 111 cm³/mol. The SMILES string of the molecule is COc1ccccc1C(CNC(=O)CNC(=O)Nc1cccc(C)c1)N(C)C. The van der Waals surface area contributed by atoms with Crippen molar-refractivity contribution in [3.63, 3.8) is 0 Å². The molecule has 0 saturated carbocycles. The van der Waals surface area contributed by atoms with Gasteiger partial charge < -0.3 is 25.6 Å². The fraction of sp³-hybridized carbons (Fsp3) is 0.333. The minimum absolute atomic E-state index is 0.0544. The molecule has 1 unspecified atom stereocenters. The molecule has 1 atom stereocenters. The molecule has 7 heteroatoms. The van der Waals surface area contributed by atoms with Crippen LogP contribution in [-0.4, -0.2) is 51.1 Å². The molecule has 0 bridgehead atoms. The Morgan fingerprint density at radius 2 is 1.82 bits per heavy atom. The summed E-state index contributed by atoms with van der Waals surface area (Å²) in [5.41, 5.74) is 2.71. The summed E-state index contributed by atoms with van der Waals surface area (Å²) in [6, 6.07) is 14.7. The zero-order valence-electron chi connectivity index (χ0n) is 16.8. The maximum Gasteiger partial charge on any atom is 0.319 e. The third-order valence-electron chi connectivity index (χ3n) is 4.30. The topological polar surface area (TPSA) is 82.7 Å². The number of anilines is 1. The van der Waals surface area contributed by atoms with Crippen LogP contribution in [0.5, 0.6) is 5.75 Å². The van der Waals surface area contributed by atoms with Crippen LogP contribution < -0.4 is 20.7 Å². The molecule has 0 aliphatic carbocycles. The Morgan fingerprint density at radius 3 is 2.50 bits per heavy atom. The number of likely N-dealkylation sites (N-methyl/N-ethyl adjacent to an activating group) is 1. The van der Waals surface area contributed by atoms with Crippen LogP contribution in [0.4, 0.5) is 10.5 Å². The van der Waals surface area contributed by atoms with E-state index in [1.165, 1.54) is 0 Å². The van der Waals surface area contributed by atoms with Gasteiger partial charge in [0, 0.05) is 17.8 Å². The zero-order chi connectivity index (χ0) is 20.5. The number of urea groups is 1. The second-order valence-corrected chi connectivity index (χ2v) is 6.70. The quantitative estimate of drug-likeness (QED) is 0.653. The minimum atomic E-state index is -0.422. The van der Waals surface area contributed by atoms with Crippen LogP contribution in [0, 0.1) is 6.92 Å². The second-order valence-electron chi connectivity index (χ2n) is 6.70. The van der Waals surface area contributed by atoms with Crippen LogP contribution in [-0.2, 0) is 4.79 Å². The van der Waals surface area contributed by atoms with Gasteiger partial charge in [0.15, 0.2) is 0 Å². The average Bonchev–Trinajstić information content (AvgIpc) is 2.66. The number of hydrogen-bond acceptors (Lipinski definition) is 4. The highest BCUT2D eigenvalue weighted by Crippen LogP contribution is 2.27. The third-order valence-corrected chi connectivity index (χ3v) is 4.30.